The third-order valence-electron chi connectivity index (χ3n) is 5.23. The van der Waals surface area contributed by atoms with Crippen LogP contribution in [-0.2, 0) is 22.6 Å². The molecule has 4 rings (SSSR count). The minimum absolute atomic E-state index is 0.00603. The zero-order valence-electron chi connectivity index (χ0n) is 17.9. The predicted molar refractivity (Wildman–Crippen MR) is 142 cm³/mol. The Bertz CT molecular complexity index is 1240. The Kier molecular flexibility index (Phi) is 7.20. The second-order valence-corrected chi connectivity index (χ2v) is 9.06. The number of benzene rings is 3. The molecule has 0 aliphatic carbocycles. The van der Waals surface area contributed by atoms with E-state index in [1.165, 1.54) is 4.90 Å². The number of rotatable bonds is 6. The molecular formula is C26H21IN2O3S. The van der Waals surface area contributed by atoms with E-state index in [4.69, 9.17) is 17.0 Å². The summed E-state index contributed by atoms with van der Waals surface area (Å²) < 4.78 is 7.15. The van der Waals surface area contributed by atoms with Gasteiger partial charge in [0.05, 0.1) is 5.69 Å². The Morgan fingerprint density at radius 3 is 2.33 bits per heavy atom. The summed E-state index contributed by atoms with van der Waals surface area (Å²) in [5.41, 5.74) is 3.41. The van der Waals surface area contributed by atoms with Gasteiger partial charge in [-0.15, -0.1) is 0 Å². The van der Waals surface area contributed by atoms with Gasteiger partial charge in [0.15, 0.2) is 5.11 Å². The summed E-state index contributed by atoms with van der Waals surface area (Å²) in [5, 5.41) is 2.69. The fraction of sp³-hybridized carbons (Fsp3) is 0.115. The maximum absolute atomic E-state index is 13.3. The summed E-state index contributed by atoms with van der Waals surface area (Å²) in [6.07, 6.45) is 2.44. The van der Waals surface area contributed by atoms with Crippen LogP contribution in [-0.4, -0.2) is 16.9 Å². The van der Waals surface area contributed by atoms with Crippen molar-refractivity contribution in [3.05, 3.63) is 98.6 Å². The Labute approximate surface area is 211 Å². The number of hydrogen-bond donors (Lipinski definition) is 1. The zero-order chi connectivity index (χ0) is 23.4. The highest BCUT2D eigenvalue weighted by molar-refractivity contribution is 14.1. The molecule has 166 valence electrons. The Balaban J connectivity index is 1.62. The molecule has 1 N–H and O–H groups in total. The molecule has 1 heterocycles. The Morgan fingerprint density at radius 2 is 1.64 bits per heavy atom. The molecule has 0 atom stereocenters. The number of carbonyl (C=O) groups excluding carboxylic acids is 2. The van der Waals surface area contributed by atoms with Gasteiger partial charge in [-0.3, -0.25) is 19.8 Å². The number of ether oxygens (including phenoxy) is 1. The van der Waals surface area contributed by atoms with Gasteiger partial charge in [-0.1, -0.05) is 49.4 Å². The van der Waals surface area contributed by atoms with E-state index in [0.717, 1.165) is 21.1 Å². The Hall–Kier alpha value is -3.04. The SMILES string of the molecule is CCc1ccc(N2C(=O)/C(=C/c3ccccc3OCc3ccc(I)cc3)C(=O)NC2=S)cc1. The van der Waals surface area contributed by atoms with Crippen LogP contribution in [0.15, 0.2) is 78.4 Å². The molecule has 0 aromatic heterocycles. The number of nitrogens with one attached hydrogen (secondary N) is 1. The highest BCUT2D eigenvalue weighted by Gasteiger charge is 2.34. The van der Waals surface area contributed by atoms with Crippen molar-refractivity contribution in [3.8, 4) is 5.75 Å². The van der Waals surface area contributed by atoms with E-state index in [2.05, 4.69) is 34.8 Å². The zero-order valence-corrected chi connectivity index (χ0v) is 20.9. The van der Waals surface area contributed by atoms with Gasteiger partial charge in [-0.25, -0.2) is 0 Å². The number of carbonyl (C=O) groups is 2. The van der Waals surface area contributed by atoms with Crippen molar-refractivity contribution in [2.75, 3.05) is 4.90 Å². The molecule has 0 radical (unpaired) electrons. The van der Waals surface area contributed by atoms with Crippen LogP contribution in [0.1, 0.15) is 23.6 Å². The summed E-state index contributed by atoms with van der Waals surface area (Å²) in [6, 6.07) is 22.9. The molecule has 2 amide bonds. The maximum atomic E-state index is 13.3. The molecule has 1 aliphatic rings. The van der Waals surface area contributed by atoms with Gasteiger partial charge in [-0.2, -0.15) is 0 Å². The van der Waals surface area contributed by atoms with E-state index in [1.807, 2.05) is 72.8 Å². The molecule has 0 bridgehead atoms. The first kappa shape index (κ1) is 23.1. The standard InChI is InChI=1S/C26H21IN2O3S/c1-2-17-9-13-21(14-10-17)29-25(31)22(24(30)28-26(29)33)15-19-5-3-4-6-23(19)32-16-18-7-11-20(27)12-8-18/h3-15H,2,16H2,1H3,(H,28,30,33)/b22-15+. The maximum Gasteiger partial charge on any atom is 0.270 e. The number of halogens is 1. The van der Waals surface area contributed by atoms with E-state index >= 15 is 0 Å². The first-order chi connectivity index (χ1) is 16.0. The number of anilines is 1. The van der Waals surface area contributed by atoms with Gasteiger partial charge >= 0.3 is 0 Å². The number of nitrogens with zero attached hydrogens (tertiary/aromatic N) is 1. The number of para-hydroxylation sites is 1. The van der Waals surface area contributed by atoms with Crippen molar-refractivity contribution in [2.24, 2.45) is 0 Å². The van der Waals surface area contributed by atoms with E-state index in [0.29, 0.717) is 23.6 Å². The summed E-state index contributed by atoms with van der Waals surface area (Å²) in [7, 11) is 0. The van der Waals surface area contributed by atoms with E-state index in [-0.39, 0.29) is 10.7 Å². The van der Waals surface area contributed by atoms with Crippen LogP contribution in [0.2, 0.25) is 0 Å². The fourth-order valence-electron chi connectivity index (χ4n) is 3.40. The summed E-state index contributed by atoms with van der Waals surface area (Å²) in [6.45, 7) is 2.43. The highest BCUT2D eigenvalue weighted by atomic mass is 127. The lowest BCUT2D eigenvalue weighted by molar-refractivity contribution is -0.122. The van der Waals surface area contributed by atoms with Gasteiger partial charge in [0.25, 0.3) is 11.8 Å². The predicted octanol–water partition coefficient (Wildman–Crippen LogP) is 5.26. The minimum Gasteiger partial charge on any atom is -0.488 e. The molecule has 5 nitrogen and oxygen atoms in total. The monoisotopic (exact) mass is 568 g/mol. The van der Waals surface area contributed by atoms with Gasteiger partial charge < -0.3 is 4.74 Å². The minimum atomic E-state index is -0.529. The van der Waals surface area contributed by atoms with Crippen LogP contribution in [0, 0.1) is 3.57 Å². The summed E-state index contributed by atoms with van der Waals surface area (Å²) in [5.74, 6) is -0.421. The Morgan fingerprint density at radius 1 is 0.970 bits per heavy atom. The summed E-state index contributed by atoms with van der Waals surface area (Å²) in [4.78, 5) is 27.3. The first-order valence-corrected chi connectivity index (χ1v) is 11.9. The fourth-order valence-corrected chi connectivity index (χ4v) is 4.04. The largest absolute Gasteiger partial charge is 0.488 e. The smallest absolute Gasteiger partial charge is 0.270 e. The van der Waals surface area contributed by atoms with Crippen molar-refractivity contribution in [1.82, 2.24) is 5.32 Å². The molecular weight excluding hydrogens is 547 g/mol. The second-order valence-electron chi connectivity index (χ2n) is 7.43. The lowest BCUT2D eigenvalue weighted by Crippen LogP contribution is -2.54. The second kappa shape index (κ2) is 10.3. The van der Waals surface area contributed by atoms with Crippen molar-refractivity contribution in [1.29, 1.82) is 0 Å². The molecule has 0 spiro atoms. The first-order valence-electron chi connectivity index (χ1n) is 10.4. The van der Waals surface area contributed by atoms with Crippen LogP contribution >= 0.6 is 34.8 Å². The molecule has 3 aromatic carbocycles. The lowest BCUT2D eigenvalue weighted by atomic mass is 10.1. The van der Waals surface area contributed by atoms with Gasteiger partial charge in [-0.05, 0) is 88.8 Å². The average Bonchev–Trinajstić information content (AvgIpc) is 2.82. The highest BCUT2D eigenvalue weighted by Crippen LogP contribution is 2.26. The normalized spacial score (nSPS) is 15.0. The molecule has 33 heavy (non-hydrogen) atoms. The van der Waals surface area contributed by atoms with Gasteiger partial charge in [0.1, 0.15) is 17.9 Å². The average molecular weight is 568 g/mol. The van der Waals surface area contributed by atoms with E-state index in [9.17, 15) is 9.59 Å². The van der Waals surface area contributed by atoms with Crippen molar-refractivity contribution >= 4 is 63.5 Å². The van der Waals surface area contributed by atoms with E-state index in [1.54, 1.807) is 6.08 Å². The molecule has 7 heteroatoms. The van der Waals surface area contributed by atoms with Crippen LogP contribution < -0.4 is 15.0 Å². The van der Waals surface area contributed by atoms with Gasteiger partial charge in [0, 0.05) is 9.13 Å². The number of thiocarbonyl (C=S) groups is 1. The third kappa shape index (κ3) is 5.31. The molecule has 3 aromatic rings. The number of hydrogen-bond acceptors (Lipinski definition) is 4. The molecule has 1 aliphatic heterocycles. The van der Waals surface area contributed by atoms with Crippen molar-refractivity contribution in [2.45, 2.75) is 20.0 Å². The number of amides is 2. The van der Waals surface area contributed by atoms with Crippen LogP contribution in [0.5, 0.6) is 5.75 Å². The molecule has 0 saturated carbocycles. The summed E-state index contributed by atoms with van der Waals surface area (Å²) >= 11 is 7.55. The third-order valence-corrected chi connectivity index (χ3v) is 6.23. The van der Waals surface area contributed by atoms with Gasteiger partial charge in [0.2, 0.25) is 0 Å². The van der Waals surface area contributed by atoms with Crippen molar-refractivity contribution in [3.63, 3.8) is 0 Å². The quantitative estimate of drug-likeness (QED) is 0.191. The van der Waals surface area contributed by atoms with Crippen LogP contribution in [0.25, 0.3) is 6.08 Å². The topological polar surface area (TPSA) is 58.6 Å². The lowest BCUT2D eigenvalue weighted by Gasteiger charge is -2.29. The molecule has 1 saturated heterocycles. The van der Waals surface area contributed by atoms with Crippen LogP contribution in [0.4, 0.5) is 5.69 Å². The molecule has 1 fully saturated rings. The van der Waals surface area contributed by atoms with Crippen molar-refractivity contribution < 1.29 is 14.3 Å². The van der Waals surface area contributed by atoms with Crippen LogP contribution in [0.3, 0.4) is 0 Å². The number of aryl methyl sites for hydroxylation is 1. The van der Waals surface area contributed by atoms with E-state index < -0.39 is 11.8 Å². The molecule has 0 unspecified atom stereocenters.